The van der Waals surface area contributed by atoms with E-state index in [4.69, 9.17) is 9.47 Å². The number of imidazole rings is 1. The Balaban J connectivity index is 1.65. The van der Waals surface area contributed by atoms with Gasteiger partial charge in [-0.3, -0.25) is 9.36 Å². The van der Waals surface area contributed by atoms with Crippen molar-refractivity contribution in [2.75, 3.05) is 13.2 Å². The number of amides is 1. The summed E-state index contributed by atoms with van der Waals surface area (Å²) in [5, 5.41) is 13.1. The van der Waals surface area contributed by atoms with E-state index in [0.717, 1.165) is 0 Å². The van der Waals surface area contributed by atoms with E-state index in [0.29, 0.717) is 25.3 Å². The predicted octanol–water partition coefficient (Wildman–Crippen LogP) is 2.70. The average Bonchev–Trinajstić information content (AvgIpc) is 3.06. The number of alkyl halides is 2. The van der Waals surface area contributed by atoms with Crippen molar-refractivity contribution >= 4 is 16.9 Å². The zero-order chi connectivity index (χ0) is 24.3. The first-order chi connectivity index (χ1) is 15.6. The van der Waals surface area contributed by atoms with Crippen molar-refractivity contribution in [3.8, 4) is 11.8 Å². The molecule has 0 saturated carbocycles. The number of carbonyl (C=O) groups is 1. The number of nitrogens with one attached hydrogen (secondary N) is 1. The van der Waals surface area contributed by atoms with Crippen LogP contribution in [-0.2, 0) is 16.6 Å². The number of carbonyl (C=O) groups excluding carboxylic acids is 1. The maximum Gasteiger partial charge on any atom is 0.297 e. The SMILES string of the molecule is CC(=O)N[C@@H](C)C[C@@H](O)[C@@H]1CC[C@@H](Oc2nc3c(F)cc(OCC(F)F)c(F)c3n2C)CO1. The van der Waals surface area contributed by atoms with Crippen LogP contribution in [0.2, 0.25) is 0 Å². The number of aryl methyl sites for hydroxylation is 1. The Bertz CT molecular complexity index is 979. The second-order valence-corrected chi connectivity index (χ2v) is 8.12. The van der Waals surface area contributed by atoms with Gasteiger partial charge in [0.2, 0.25) is 5.91 Å². The molecule has 2 N–H and O–H groups in total. The van der Waals surface area contributed by atoms with E-state index in [2.05, 4.69) is 15.0 Å². The number of rotatable bonds is 9. The second-order valence-electron chi connectivity index (χ2n) is 8.12. The van der Waals surface area contributed by atoms with Crippen molar-refractivity contribution < 1.29 is 41.7 Å². The number of hydrogen-bond donors (Lipinski definition) is 2. The number of nitrogens with zero attached hydrogens (tertiary/aromatic N) is 2. The molecule has 8 nitrogen and oxygen atoms in total. The summed E-state index contributed by atoms with van der Waals surface area (Å²) >= 11 is 0. The van der Waals surface area contributed by atoms with Gasteiger partial charge in [0.1, 0.15) is 23.7 Å². The van der Waals surface area contributed by atoms with Crippen molar-refractivity contribution in [1.82, 2.24) is 14.9 Å². The first-order valence-electron chi connectivity index (χ1n) is 10.6. The van der Waals surface area contributed by atoms with Gasteiger partial charge in [-0.15, -0.1) is 0 Å². The second kappa shape index (κ2) is 10.6. The quantitative estimate of drug-likeness (QED) is 0.540. The van der Waals surface area contributed by atoms with Crippen molar-refractivity contribution in [2.24, 2.45) is 7.05 Å². The van der Waals surface area contributed by atoms with Crippen molar-refractivity contribution in [1.29, 1.82) is 0 Å². The number of hydrogen-bond acceptors (Lipinski definition) is 6. The molecule has 0 aliphatic carbocycles. The molecule has 0 spiro atoms. The standard InChI is InChI=1S/C21H27F4N3O5/c1-10(26-11(2)29)6-14(30)15-5-4-12(8-31-15)33-21-27-19-13(22)7-16(32-9-17(23)24)18(25)20(19)28(21)3/h7,10,12,14-15,17,30H,4-6,8-9H2,1-3H3,(H,26,29)/t10-,12+,14+,15-/m0/s1. The summed E-state index contributed by atoms with van der Waals surface area (Å²) in [6.07, 6.45) is -3.24. The number of aliphatic hydroxyl groups excluding tert-OH is 1. The highest BCUT2D eigenvalue weighted by atomic mass is 19.3. The third-order valence-electron chi connectivity index (χ3n) is 5.34. The van der Waals surface area contributed by atoms with Crippen molar-refractivity contribution in [3.63, 3.8) is 0 Å². The third-order valence-corrected chi connectivity index (χ3v) is 5.34. The number of aliphatic hydroxyl groups is 1. The lowest BCUT2D eigenvalue weighted by Crippen LogP contribution is -2.43. The molecule has 1 aromatic carbocycles. The molecular formula is C21H27F4N3O5. The monoisotopic (exact) mass is 477 g/mol. The maximum absolute atomic E-state index is 14.7. The number of fused-ring (bicyclic) bond motifs is 1. The largest absolute Gasteiger partial charge is 0.484 e. The Morgan fingerprint density at radius 3 is 2.73 bits per heavy atom. The van der Waals surface area contributed by atoms with Crippen LogP contribution >= 0.6 is 0 Å². The average molecular weight is 477 g/mol. The van der Waals surface area contributed by atoms with E-state index >= 15 is 0 Å². The Kier molecular flexibility index (Phi) is 8.01. The molecule has 0 unspecified atom stereocenters. The van der Waals surface area contributed by atoms with Gasteiger partial charge in [-0.25, -0.2) is 17.6 Å². The molecule has 184 valence electrons. The highest BCUT2D eigenvalue weighted by Crippen LogP contribution is 2.32. The Hall–Kier alpha value is -2.60. The first-order valence-corrected chi connectivity index (χ1v) is 10.6. The zero-order valence-corrected chi connectivity index (χ0v) is 18.5. The minimum atomic E-state index is -2.84. The molecule has 1 aliphatic rings. The summed E-state index contributed by atoms with van der Waals surface area (Å²) < 4.78 is 71.2. The van der Waals surface area contributed by atoms with Crippen LogP contribution in [0.5, 0.6) is 11.8 Å². The van der Waals surface area contributed by atoms with E-state index in [1.54, 1.807) is 6.92 Å². The molecule has 0 radical (unpaired) electrons. The fraction of sp³-hybridized carbons (Fsp3) is 0.619. The van der Waals surface area contributed by atoms with Crippen LogP contribution in [0.1, 0.15) is 33.1 Å². The van der Waals surface area contributed by atoms with E-state index in [1.165, 1.54) is 18.5 Å². The molecule has 2 heterocycles. The number of benzene rings is 1. The molecular weight excluding hydrogens is 450 g/mol. The summed E-state index contributed by atoms with van der Waals surface area (Å²) in [5.74, 6) is -2.78. The maximum atomic E-state index is 14.7. The summed E-state index contributed by atoms with van der Waals surface area (Å²) in [5.41, 5.74) is -0.586. The normalized spacial score (nSPS) is 20.6. The van der Waals surface area contributed by atoms with Crippen LogP contribution in [0.15, 0.2) is 6.07 Å². The van der Waals surface area contributed by atoms with Crippen LogP contribution in [-0.4, -0.2) is 64.6 Å². The summed E-state index contributed by atoms with van der Waals surface area (Å²) in [6.45, 7) is 2.23. The van der Waals surface area contributed by atoms with Crippen LogP contribution in [0, 0.1) is 11.6 Å². The van der Waals surface area contributed by atoms with Crippen molar-refractivity contribution in [2.45, 2.75) is 63.9 Å². The molecule has 12 heteroatoms. The Morgan fingerprint density at radius 1 is 1.39 bits per heavy atom. The lowest BCUT2D eigenvalue weighted by Gasteiger charge is -2.32. The van der Waals surface area contributed by atoms with Gasteiger partial charge < -0.3 is 24.6 Å². The predicted molar refractivity (Wildman–Crippen MR) is 109 cm³/mol. The molecule has 2 aromatic rings. The molecule has 33 heavy (non-hydrogen) atoms. The molecule has 1 amide bonds. The van der Waals surface area contributed by atoms with Crippen LogP contribution in [0.4, 0.5) is 17.6 Å². The lowest BCUT2D eigenvalue weighted by atomic mass is 9.98. The molecule has 1 aromatic heterocycles. The minimum Gasteiger partial charge on any atom is -0.484 e. The van der Waals surface area contributed by atoms with Crippen LogP contribution in [0.3, 0.4) is 0 Å². The smallest absolute Gasteiger partial charge is 0.297 e. The lowest BCUT2D eigenvalue weighted by molar-refractivity contribution is -0.120. The molecule has 1 aliphatic heterocycles. The first kappa shape index (κ1) is 25.0. The summed E-state index contributed by atoms with van der Waals surface area (Å²) in [4.78, 5) is 15.1. The molecule has 1 fully saturated rings. The Labute approximate surface area is 187 Å². The third kappa shape index (κ3) is 6.05. The molecule has 0 bridgehead atoms. The summed E-state index contributed by atoms with van der Waals surface area (Å²) in [6, 6.07) is 0.393. The highest BCUT2D eigenvalue weighted by molar-refractivity contribution is 5.80. The van der Waals surface area contributed by atoms with Gasteiger partial charge in [-0.1, -0.05) is 0 Å². The van der Waals surface area contributed by atoms with E-state index in [-0.39, 0.29) is 35.6 Å². The fourth-order valence-electron chi connectivity index (χ4n) is 3.84. The topological polar surface area (TPSA) is 94.8 Å². The van der Waals surface area contributed by atoms with Gasteiger partial charge in [-0.2, -0.15) is 4.98 Å². The van der Waals surface area contributed by atoms with Gasteiger partial charge in [-0.05, 0) is 26.2 Å². The van der Waals surface area contributed by atoms with Gasteiger partial charge >= 0.3 is 0 Å². The number of ether oxygens (including phenoxy) is 3. The van der Waals surface area contributed by atoms with Crippen molar-refractivity contribution in [3.05, 3.63) is 17.7 Å². The van der Waals surface area contributed by atoms with E-state index < -0.39 is 48.7 Å². The van der Waals surface area contributed by atoms with Gasteiger partial charge in [0.25, 0.3) is 12.4 Å². The number of halogens is 4. The van der Waals surface area contributed by atoms with E-state index in [1.807, 2.05) is 0 Å². The minimum absolute atomic E-state index is 0.0688. The fourth-order valence-corrected chi connectivity index (χ4v) is 3.84. The molecule has 3 rings (SSSR count). The van der Waals surface area contributed by atoms with Gasteiger partial charge in [0.15, 0.2) is 17.4 Å². The molecule has 1 saturated heterocycles. The number of aromatic nitrogens is 2. The zero-order valence-electron chi connectivity index (χ0n) is 18.5. The van der Waals surface area contributed by atoms with Gasteiger partial charge in [0.05, 0.1) is 18.8 Å². The van der Waals surface area contributed by atoms with Crippen LogP contribution in [0.25, 0.3) is 11.0 Å². The molecule has 4 atom stereocenters. The van der Waals surface area contributed by atoms with Gasteiger partial charge in [0, 0.05) is 26.1 Å². The van der Waals surface area contributed by atoms with Crippen LogP contribution < -0.4 is 14.8 Å². The summed E-state index contributed by atoms with van der Waals surface area (Å²) in [7, 11) is 1.41. The highest BCUT2D eigenvalue weighted by Gasteiger charge is 2.31. The Morgan fingerprint density at radius 2 is 2.12 bits per heavy atom. The van der Waals surface area contributed by atoms with E-state index in [9.17, 15) is 27.5 Å².